The normalized spacial score (nSPS) is 23.1. The third-order valence-electron chi connectivity index (χ3n) is 5.61. The zero-order valence-corrected chi connectivity index (χ0v) is 15.0. The van der Waals surface area contributed by atoms with Gasteiger partial charge in [0.25, 0.3) is 0 Å². The predicted molar refractivity (Wildman–Crippen MR) is 101 cm³/mol. The van der Waals surface area contributed by atoms with Crippen molar-refractivity contribution in [2.75, 3.05) is 0 Å². The van der Waals surface area contributed by atoms with E-state index in [-0.39, 0.29) is 17.5 Å². The number of Topliss-reactive ketones (excluding diaryl/α,β-unsaturated/α-hetero) is 2. The number of allylic oxidation sites excluding steroid dienone is 2. The molecular formula is C22H19ClO3. The molecule has 1 N–H and O–H groups in total. The van der Waals surface area contributed by atoms with Gasteiger partial charge in [0.05, 0.1) is 0 Å². The van der Waals surface area contributed by atoms with Crippen LogP contribution in [0.25, 0.3) is 0 Å². The molecule has 1 fully saturated rings. The van der Waals surface area contributed by atoms with Crippen LogP contribution in [0.4, 0.5) is 0 Å². The number of benzene rings is 2. The van der Waals surface area contributed by atoms with Gasteiger partial charge in [0.15, 0.2) is 11.5 Å². The van der Waals surface area contributed by atoms with Crippen LogP contribution >= 0.6 is 11.6 Å². The summed E-state index contributed by atoms with van der Waals surface area (Å²) in [5.41, 5.74) is 2.27. The quantitative estimate of drug-likeness (QED) is 0.762. The highest BCUT2D eigenvalue weighted by Gasteiger charge is 2.37. The van der Waals surface area contributed by atoms with Crippen LogP contribution in [0.2, 0.25) is 5.02 Å². The fraction of sp³-hybridized carbons (Fsp3) is 0.273. The highest BCUT2D eigenvalue weighted by Crippen LogP contribution is 2.42. The van der Waals surface area contributed by atoms with E-state index < -0.39 is 5.78 Å². The minimum Gasteiger partial charge on any atom is -0.504 e. The molecule has 0 aliphatic heterocycles. The summed E-state index contributed by atoms with van der Waals surface area (Å²) in [6.45, 7) is 0. The van der Waals surface area contributed by atoms with Gasteiger partial charge in [-0.2, -0.15) is 0 Å². The molecule has 2 aliphatic rings. The van der Waals surface area contributed by atoms with Gasteiger partial charge < -0.3 is 5.11 Å². The molecule has 0 atom stereocenters. The molecule has 0 amide bonds. The molecule has 26 heavy (non-hydrogen) atoms. The average Bonchev–Trinajstić information content (AvgIpc) is 2.68. The van der Waals surface area contributed by atoms with Gasteiger partial charge in [-0.1, -0.05) is 48.0 Å². The number of carbonyl (C=O) groups is 2. The highest BCUT2D eigenvalue weighted by molar-refractivity contribution is 6.30. The Hall–Kier alpha value is -2.39. The van der Waals surface area contributed by atoms with Crippen molar-refractivity contribution in [1.29, 1.82) is 0 Å². The first-order valence-corrected chi connectivity index (χ1v) is 9.31. The Labute approximate surface area is 157 Å². The van der Waals surface area contributed by atoms with Crippen LogP contribution in [0.3, 0.4) is 0 Å². The molecule has 1 saturated carbocycles. The van der Waals surface area contributed by atoms with Crippen molar-refractivity contribution >= 4 is 23.2 Å². The van der Waals surface area contributed by atoms with Crippen LogP contribution in [0.1, 0.15) is 57.9 Å². The summed E-state index contributed by atoms with van der Waals surface area (Å²) in [7, 11) is 0. The van der Waals surface area contributed by atoms with Crippen molar-refractivity contribution in [1.82, 2.24) is 0 Å². The van der Waals surface area contributed by atoms with Crippen LogP contribution in [-0.4, -0.2) is 16.7 Å². The summed E-state index contributed by atoms with van der Waals surface area (Å²) in [5, 5.41) is 11.1. The van der Waals surface area contributed by atoms with Crippen LogP contribution in [0.5, 0.6) is 0 Å². The van der Waals surface area contributed by atoms with Gasteiger partial charge in [-0.25, -0.2) is 0 Å². The SMILES string of the molecule is O=C1C(O)=C([C@H]2CC[C@@H](c3ccc(Cl)cc3)CC2)C(=O)c2ccccc21. The standard InChI is InChI=1S/C22H19ClO3/c23-16-11-9-14(10-12-16)13-5-7-15(8-6-13)19-20(24)17-3-1-2-4-18(17)21(25)22(19)26/h1-4,9-13,15,26H,5-8H2/t13-,15+. The van der Waals surface area contributed by atoms with Gasteiger partial charge >= 0.3 is 0 Å². The molecule has 132 valence electrons. The van der Waals surface area contributed by atoms with Crippen molar-refractivity contribution < 1.29 is 14.7 Å². The minimum absolute atomic E-state index is 0.0663. The number of ketones is 2. The van der Waals surface area contributed by atoms with Crippen molar-refractivity contribution in [2.24, 2.45) is 5.92 Å². The van der Waals surface area contributed by atoms with Crippen LogP contribution < -0.4 is 0 Å². The lowest BCUT2D eigenvalue weighted by molar-refractivity contribution is 0.0914. The van der Waals surface area contributed by atoms with E-state index in [4.69, 9.17) is 11.6 Å². The van der Waals surface area contributed by atoms with Crippen molar-refractivity contribution in [3.05, 3.63) is 81.6 Å². The van der Waals surface area contributed by atoms with E-state index in [1.54, 1.807) is 24.3 Å². The average molecular weight is 367 g/mol. The maximum absolute atomic E-state index is 12.9. The smallest absolute Gasteiger partial charge is 0.228 e. The number of carbonyl (C=O) groups excluding carboxylic acids is 2. The second kappa shape index (κ2) is 6.73. The Bertz CT molecular complexity index is 903. The van der Waals surface area contributed by atoms with Gasteiger partial charge in [-0.15, -0.1) is 0 Å². The monoisotopic (exact) mass is 366 g/mol. The Morgan fingerprint density at radius 1 is 0.769 bits per heavy atom. The van der Waals surface area contributed by atoms with Crippen LogP contribution in [-0.2, 0) is 0 Å². The third-order valence-corrected chi connectivity index (χ3v) is 5.86. The number of hydrogen-bond donors (Lipinski definition) is 1. The molecule has 0 spiro atoms. The lowest BCUT2D eigenvalue weighted by Crippen LogP contribution is -2.28. The molecular weight excluding hydrogens is 348 g/mol. The molecule has 0 aromatic heterocycles. The Kier molecular flexibility index (Phi) is 4.41. The number of rotatable bonds is 2. The van der Waals surface area contributed by atoms with E-state index in [9.17, 15) is 14.7 Å². The first-order valence-electron chi connectivity index (χ1n) is 8.93. The van der Waals surface area contributed by atoms with Crippen molar-refractivity contribution in [2.45, 2.75) is 31.6 Å². The number of fused-ring (bicyclic) bond motifs is 1. The number of aliphatic hydroxyl groups is 1. The molecule has 2 aromatic carbocycles. The molecule has 4 rings (SSSR count). The molecule has 0 saturated heterocycles. The maximum Gasteiger partial charge on any atom is 0.228 e. The lowest BCUT2D eigenvalue weighted by Gasteiger charge is -2.31. The molecule has 0 bridgehead atoms. The van der Waals surface area contributed by atoms with Crippen molar-refractivity contribution in [3.63, 3.8) is 0 Å². The van der Waals surface area contributed by atoms with E-state index in [0.717, 1.165) is 30.7 Å². The summed E-state index contributed by atoms with van der Waals surface area (Å²) < 4.78 is 0. The molecule has 2 aliphatic carbocycles. The summed E-state index contributed by atoms with van der Waals surface area (Å²) >= 11 is 5.96. The van der Waals surface area contributed by atoms with Gasteiger partial charge in [0.2, 0.25) is 5.78 Å². The van der Waals surface area contributed by atoms with E-state index in [2.05, 4.69) is 12.1 Å². The zero-order valence-electron chi connectivity index (χ0n) is 14.2. The minimum atomic E-state index is -0.435. The maximum atomic E-state index is 12.9. The lowest BCUT2D eigenvalue weighted by atomic mass is 9.72. The van der Waals surface area contributed by atoms with E-state index >= 15 is 0 Å². The topological polar surface area (TPSA) is 54.4 Å². The number of aliphatic hydroxyl groups excluding tert-OH is 1. The molecule has 0 heterocycles. The molecule has 4 heteroatoms. The van der Waals surface area contributed by atoms with Gasteiger partial charge in [-0.05, 0) is 55.2 Å². The van der Waals surface area contributed by atoms with E-state index in [1.807, 2.05) is 12.1 Å². The van der Waals surface area contributed by atoms with Crippen LogP contribution in [0, 0.1) is 5.92 Å². The predicted octanol–water partition coefficient (Wildman–Crippen LogP) is 5.51. The van der Waals surface area contributed by atoms with Crippen LogP contribution in [0.15, 0.2) is 59.9 Å². The Balaban J connectivity index is 1.56. The van der Waals surface area contributed by atoms with E-state index in [0.29, 0.717) is 22.6 Å². The summed E-state index contributed by atoms with van der Waals surface area (Å²) in [5.74, 6) is -0.636. The van der Waals surface area contributed by atoms with Gasteiger partial charge in [0, 0.05) is 21.7 Å². The fourth-order valence-corrected chi connectivity index (χ4v) is 4.34. The second-order valence-electron chi connectivity index (χ2n) is 7.07. The molecule has 2 aromatic rings. The number of halogens is 1. The molecule has 3 nitrogen and oxygen atoms in total. The van der Waals surface area contributed by atoms with Gasteiger partial charge in [-0.3, -0.25) is 9.59 Å². The molecule has 0 unspecified atom stereocenters. The Morgan fingerprint density at radius 2 is 1.31 bits per heavy atom. The summed E-state index contributed by atoms with van der Waals surface area (Å²) in [6.07, 6.45) is 3.42. The van der Waals surface area contributed by atoms with E-state index in [1.165, 1.54) is 5.56 Å². The van der Waals surface area contributed by atoms with Crippen molar-refractivity contribution in [3.8, 4) is 0 Å². The first-order chi connectivity index (χ1) is 12.6. The molecule has 0 radical (unpaired) electrons. The second-order valence-corrected chi connectivity index (χ2v) is 7.50. The zero-order chi connectivity index (χ0) is 18.3. The largest absolute Gasteiger partial charge is 0.504 e. The highest BCUT2D eigenvalue weighted by atomic mass is 35.5. The third kappa shape index (κ3) is 2.86. The summed E-state index contributed by atoms with van der Waals surface area (Å²) in [6, 6.07) is 14.6. The first kappa shape index (κ1) is 17.0. The summed E-state index contributed by atoms with van der Waals surface area (Å²) in [4.78, 5) is 25.3. The Morgan fingerprint density at radius 3 is 1.92 bits per heavy atom. The fourth-order valence-electron chi connectivity index (χ4n) is 4.21. The number of hydrogen-bond acceptors (Lipinski definition) is 3. The van der Waals surface area contributed by atoms with Gasteiger partial charge in [0.1, 0.15) is 0 Å².